The van der Waals surface area contributed by atoms with Crippen LogP contribution in [-0.2, 0) is 11.3 Å². The number of benzene rings is 3. The number of nitrogens with one attached hydrogen (secondary N) is 1. The number of nitrogens with zero attached hydrogens (tertiary/aromatic N) is 1. The van der Waals surface area contributed by atoms with Crippen molar-refractivity contribution in [1.82, 2.24) is 10.2 Å². The number of hydrogen-bond acceptors (Lipinski definition) is 5. The first kappa shape index (κ1) is 23.7. The van der Waals surface area contributed by atoms with E-state index in [0.29, 0.717) is 29.4 Å². The fourth-order valence-corrected chi connectivity index (χ4v) is 5.20. The molecule has 1 saturated heterocycles. The van der Waals surface area contributed by atoms with Crippen molar-refractivity contribution in [2.75, 3.05) is 20.0 Å². The first-order chi connectivity index (χ1) is 16.5. The third-order valence-corrected chi connectivity index (χ3v) is 7.13. The van der Waals surface area contributed by atoms with E-state index < -0.39 is 0 Å². The molecule has 6 nitrogen and oxygen atoms in total. The van der Waals surface area contributed by atoms with Crippen molar-refractivity contribution < 1.29 is 19.1 Å². The molecule has 34 heavy (non-hydrogen) atoms. The summed E-state index contributed by atoms with van der Waals surface area (Å²) in [6.07, 6.45) is 0. The van der Waals surface area contributed by atoms with Gasteiger partial charge in [0.15, 0.2) is 0 Å². The smallest absolute Gasteiger partial charge is 0.251 e. The summed E-state index contributed by atoms with van der Waals surface area (Å²) in [5.41, 5.74) is 3.50. The van der Waals surface area contributed by atoms with Crippen molar-refractivity contribution in [1.29, 1.82) is 0 Å². The molecule has 7 heteroatoms. The molecular formula is C27H28N2O4S. The van der Waals surface area contributed by atoms with Crippen LogP contribution in [-0.4, -0.2) is 36.7 Å². The van der Waals surface area contributed by atoms with Gasteiger partial charge in [-0.25, -0.2) is 0 Å². The number of hydrogen-bond donors (Lipinski definition) is 1. The number of thioether (sulfide) groups is 1. The van der Waals surface area contributed by atoms with Gasteiger partial charge in [-0.2, -0.15) is 0 Å². The molecule has 0 aromatic heterocycles. The van der Waals surface area contributed by atoms with Crippen molar-refractivity contribution >= 4 is 23.6 Å². The molecule has 0 unspecified atom stereocenters. The number of carbonyl (C=O) groups is 2. The van der Waals surface area contributed by atoms with Crippen LogP contribution in [0, 0.1) is 0 Å². The zero-order chi connectivity index (χ0) is 24.1. The topological polar surface area (TPSA) is 67.9 Å². The standard InChI is InChI=1S/C27H28N2O4S/c1-18(23-15-22(32-2)13-14-24(23)33-3)28-26(31)20-9-11-21(12-10-20)27-29(25(30)17-34-27)16-19-7-5-4-6-8-19/h4-15,18,27H,16-17H2,1-3H3,(H,28,31)/t18-,27-/m1/s1. The van der Waals surface area contributed by atoms with E-state index in [1.807, 2.05) is 84.6 Å². The Morgan fingerprint density at radius 2 is 1.79 bits per heavy atom. The molecule has 0 aliphatic carbocycles. The fraction of sp³-hybridized carbons (Fsp3) is 0.259. The lowest BCUT2D eigenvalue weighted by atomic mass is 10.1. The summed E-state index contributed by atoms with van der Waals surface area (Å²) >= 11 is 1.61. The third kappa shape index (κ3) is 5.20. The summed E-state index contributed by atoms with van der Waals surface area (Å²) in [4.78, 5) is 27.3. The van der Waals surface area contributed by atoms with Gasteiger partial charge in [-0.05, 0) is 48.4 Å². The number of amides is 2. The highest BCUT2D eigenvalue weighted by Gasteiger charge is 2.32. The second-order valence-electron chi connectivity index (χ2n) is 8.10. The van der Waals surface area contributed by atoms with Gasteiger partial charge in [0.1, 0.15) is 16.9 Å². The van der Waals surface area contributed by atoms with Crippen LogP contribution >= 0.6 is 11.8 Å². The summed E-state index contributed by atoms with van der Waals surface area (Å²) < 4.78 is 10.8. The minimum atomic E-state index is -0.276. The van der Waals surface area contributed by atoms with Gasteiger partial charge in [0, 0.05) is 17.7 Å². The minimum Gasteiger partial charge on any atom is -0.497 e. The first-order valence-electron chi connectivity index (χ1n) is 11.1. The zero-order valence-corrected chi connectivity index (χ0v) is 20.3. The lowest BCUT2D eigenvalue weighted by Crippen LogP contribution is -2.28. The second-order valence-corrected chi connectivity index (χ2v) is 9.16. The Hall–Kier alpha value is -3.45. The Bertz CT molecular complexity index is 1150. The van der Waals surface area contributed by atoms with Gasteiger partial charge >= 0.3 is 0 Å². The van der Waals surface area contributed by atoms with E-state index in [4.69, 9.17) is 9.47 Å². The van der Waals surface area contributed by atoms with Crippen LogP contribution in [0.4, 0.5) is 0 Å². The van der Waals surface area contributed by atoms with E-state index in [9.17, 15) is 9.59 Å². The monoisotopic (exact) mass is 476 g/mol. The van der Waals surface area contributed by atoms with Crippen LogP contribution in [0.2, 0.25) is 0 Å². The number of carbonyl (C=O) groups excluding carboxylic acids is 2. The average molecular weight is 477 g/mol. The fourth-order valence-electron chi connectivity index (χ4n) is 4.02. The zero-order valence-electron chi connectivity index (χ0n) is 19.5. The number of rotatable bonds is 8. The second kappa shape index (κ2) is 10.7. The molecule has 1 aliphatic rings. The lowest BCUT2D eigenvalue weighted by Gasteiger charge is -2.24. The molecule has 1 fully saturated rings. The van der Waals surface area contributed by atoms with Gasteiger partial charge in [0.2, 0.25) is 5.91 Å². The van der Waals surface area contributed by atoms with Crippen molar-refractivity contribution in [3.05, 3.63) is 95.1 Å². The quantitative estimate of drug-likeness (QED) is 0.497. The van der Waals surface area contributed by atoms with Crippen LogP contribution in [0.3, 0.4) is 0 Å². The van der Waals surface area contributed by atoms with Crippen LogP contribution in [0.5, 0.6) is 11.5 Å². The normalized spacial score (nSPS) is 16.3. The maximum absolute atomic E-state index is 12.9. The predicted octanol–water partition coefficient (Wildman–Crippen LogP) is 4.97. The molecule has 1 heterocycles. The molecule has 0 bridgehead atoms. The maximum Gasteiger partial charge on any atom is 0.251 e. The Balaban J connectivity index is 1.46. The minimum absolute atomic E-state index is 0.0650. The molecule has 2 amide bonds. The molecule has 0 saturated carbocycles. The van der Waals surface area contributed by atoms with E-state index in [1.54, 1.807) is 26.0 Å². The van der Waals surface area contributed by atoms with Gasteiger partial charge in [-0.1, -0.05) is 42.5 Å². The van der Waals surface area contributed by atoms with Gasteiger partial charge in [-0.3, -0.25) is 9.59 Å². The highest BCUT2D eigenvalue weighted by Crippen LogP contribution is 2.39. The molecule has 4 rings (SSSR count). The molecule has 0 spiro atoms. The van der Waals surface area contributed by atoms with E-state index >= 15 is 0 Å². The maximum atomic E-state index is 12.9. The lowest BCUT2D eigenvalue weighted by molar-refractivity contribution is -0.128. The van der Waals surface area contributed by atoms with E-state index in [2.05, 4.69) is 5.32 Å². The van der Waals surface area contributed by atoms with Gasteiger partial charge in [0.05, 0.1) is 26.0 Å². The van der Waals surface area contributed by atoms with Crippen LogP contribution in [0.1, 0.15) is 45.4 Å². The average Bonchev–Trinajstić information content (AvgIpc) is 3.24. The predicted molar refractivity (Wildman–Crippen MR) is 134 cm³/mol. The van der Waals surface area contributed by atoms with Crippen molar-refractivity contribution in [3.8, 4) is 11.5 Å². The van der Waals surface area contributed by atoms with Crippen LogP contribution in [0.25, 0.3) is 0 Å². The molecule has 176 valence electrons. The van der Waals surface area contributed by atoms with Gasteiger partial charge in [0.25, 0.3) is 5.91 Å². The summed E-state index contributed by atoms with van der Waals surface area (Å²) in [6, 6.07) is 22.7. The summed E-state index contributed by atoms with van der Waals surface area (Å²) in [5, 5.41) is 2.97. The molecule has 0 radical (unpaired) electrons. The molecule has 1 N–H and O–H groups in total. The highest BCUT2D eigenvalue weighted by molar-refractivity contribution is 8.00. The first-order valence-corrected chi connectivity index (χ1v) is 12.1. The van der Waals surface area contributed by atoms with Crippen molar-refractivity contribution in [3.63, 3.8) is 0 Å². The molecule has 3 aromatic carbocycles. The van der Waals surface area contributed by atoms with Gasteiger partial charge in [-0.15, -0.1) is 11.8 Å². The van der Waals surface area contributed by atoms with Crippen LogP contribution < -0.4 is 14.8 Å². The van der Waals surface area contributed by atoms with Crippen molar-refractivity contribution in [2.45, 2.75) is 24.9 Å². The van der Waals surface area contributed by atoms with Crippen molar-refractivity contribution in [2.24, 2.45) is 0 Å². The Labute approximate surface area is 204 Å². The number of methoxy groups -OCH3 is 2. The summed E-state index contributed by atoms with van der Waals surface area (Å²) in [5.74, 6) is 1.79. The summed E-state index contributed by atoms with van der Waals surface area (Å²) in [6.45, 7) is 2.48. The SMILES string of the molecule is COc1ccc(OC)c([C@@H](C)NC(=O)c2ccc([C@H]3SCC(=O)N3Cc3ccccc3)cc2)c1. The van der Waals surface area contributed by atoms with Crippen LogP contribution in [0.15, 0.2) is 72.8 Å². The third-order valence-electron chi connectivity index (χ3n) is 5.87. The van der Waals surface area contributed by atoms with E-state index in [0.717, 1.165) is 16.7 Å². The number of ether oxygens (including phenoxy) is 2. The Morgan fingerprint density at radius 1 is 1.06 bits per heavy atom. The van der Waals surface area contributed by atoms with E-state index in [1.165, 1.54) is 0 Å². The Morgan fingerprint density at radius 3 is 2.47 bits per heavy atom. The molecule has 1 aliphatic heterocycles. The molecular weight excluding hydrogens is 448 g/mol. The molecule has 3 aromatic rings. The Kier molecular flexibility index (Phi) is 7.43. The highest BCUT2D eigenvalue weighted by atomic mass is 32.2. The largest absolute Gasteiger partial charge is 0.497 e. The summed E-state index contributed by atoms with van der Waals surface area (Å²) in [7, 11) is 3.21. The molecule has 2 atom stereocenters. The van der Waals surface area contributed by atoms with E-state index in [-0.39, 0.29) is 23.2 Å². The van der Waals surface area contributed by atoms with Gasteiger partial charge < -0.3 is 19.7 Å².